The minimum absolute atomic E-state index is 0.174. The second kappa shape index (κ2) is 10.7. The molecule has 3 N–H and O–H groups in total. The molecule has 34 heavy (non-hydrogen) atoms. The molecule has 2 aromatic carbocycles. The molecule has 8 nitrogen and oxygen atoms in total. The number of ether oxygens (including phenoxy) is 1. The van der Waals surface area contributed by atoms with Crippen LogP contribution in [0.1, 0.15) is 44.9 Å². The monoisotopic (exact) mass is 481 g/mol. The van der Waals surface area contributed by atoms with Crippen molar-refractivity contribution < 1.29 is 13.2 Å². The van der Waals surface area contributed by atoms with Gasteiger partial charge in [0.25, 0.3) is 10.0 Å². The molecule has 1 saturated carbocycles. The van der Waals surface area contributed by atoms with Crippen molar-refractivity contribution in [3.63, 3.8) is 0 Å². The van der Waals surface area contributed by atoms with E-state index in [0.29, 0.717) is 35.7 Å². The van der Waals surface area contributed by atoms with Crippen molar-refractivity contribution in [1.82, 2.24) is 9.97 Å². The smallest absolute Gasteiger partial charge is 0.261 e. The number of nitrogens with one attached hydrogen (secondary N) is 3. The van der Waals surface area contributed by atoms with Crippen LogP contribution in [-0.4, -0.2) is 31.0 Å². The fourth-order valence-corrected chi connectivity index (χ4v) is 5.09. The summed E-state index contributed by atoms with van der Waals surface area (Å²) in [7, 11) is -3.70. The highest BCUT2D eigenvalue weighted by atomic mass is 32.2. The molecule has 1 fully saturated rings. The maximum atomic E-state index is 12.7. The molecule has 3 aromatic rings. The van der Waals surface area contributed by atoms with Crippen LogP contribution in [0.2, 0.25) is 0 Å². The van der Waals surface area contributed by atoms with Crippen LogP contribution >= 0.6 is 0 Å². The Bertz CT molecular complexity index is 1190. The molecule has 0 radical (unpaired) electrons. The van der Waals surface area contributed by atoms with E-state index in [-0.39, 0.29) is 4.90 Å². The molecule has 1 aliphatic rings. The largest absolute Gasteiger partial charge is 0.494 e. The van der Waals surface area contributed by atoms with E-state index in [4.69, 9.17) is 4.74 Å². The molecule has 0 spiro atoms. The van der Waals surface area contributed by atoms with Crippen molar-refractivity contribution >= 4 is 33.0 Å². The molecule has 1 heterocycles. The molecule has 0 saturated heterocycles. The maximum absolute atomic E-state index is 12.7. The number of benzene rings is 2. The first-order valence-electron chi connectivity index (χ1n) is 11.7. The van der Waals surface area contributed by atoms with E-state index in [2.05, 4.69) is 25.3 Å². The summed E-state index contributed by atoms with van der Waals surface area (Å²) in [5, 5.41) is 6.81. The van der Waals surface area contributed by atoms with E-state index in [9.17, 15) is 8.42 Å². The summed E-state index contributed by atoms with van der Waals surface area (Å²) in [6, 6.07) is 15.7. The molecule has 0 bridgehead atoms. The van der Waals surface area contributed by atoms with Crippen LogP contribution in [0.5, 0.6) is 5.75 Å². The Labute approximate surface area is 201 Å². The summed E-state index contributed by atoms with van der Waals surface area (Å²) in [5.74, 6) is 2.83. The Kier molecular flexibility index (Phi) is 7.52. The van der Waals surface area contributed by atoms with E-state index >= 15 is 0 Å². The Morgan fingerprint density at radius 3 is 2.24 bits per heavy atom. The van der Waals surface area contributed by atoms with E-state index in [1.54, 1.807) is 24.3 Å². The Morgan fingerprint density at radius 1 is 0.912 bits per heavy atom. The van der Waals surface area contributed by atoms with E-state index in [1.165, 1.54) is 44.2 Å². The average molecular weight is 482 g/mol. The lowest BCUT2D eigenvalue weighted by molar-refractivity contribution is 0.340. The molecule has 1 aliphatic carbocycles. The molecule has 4 rings (SSSR count). The summed E-state index contributed by atoms with van der Waals surface area (Å²) in [6.07, 6.45) is 6.14. The Morgan fingerprint density at radius 2 is 1.56 bits per heavy atom. The maximum Gasteiger partial charge on any atom is 0.261 e. The second-order valence-corrected chi connectivity index (χ2v) is 10.1. The van der Waals surface area contributed by atoms with Gasteiger partial charge in [-0.25, -0.2) is 18.4 Å². The van der Waals surface area contributed by atoms with Crippen molar-refractivity contribution in [3.05, 3.63) is 60.4 Å². The first-order valence-corrected chi connectivity index (χ1v) is 13.1. The normalized spacial score (nSPS) is 14.4. The molecule has 9 heteroatoms. The second-order valence-electron chi connectivity index (χ2n) is 8.38. The summed E-state index contributed by atoms with van der Waals surface area (Å²) in [4.78, 5) is 9.18. The third kappa shape index (κ3) is 6.38. The predicted octanol–water partition coefficient (Wildman–Crippen LogP) is 5.47. The topological polar surface area (TPSA) is 105 Å². The fraction of sp³-hybridized carbons (Fsp3) is 0.360. The van der Waals surface area contributed by atoms with E-state index in [1.807, 2.05) is 32.0 Å². The van der Waals surface area contributed by atoms with Crippen molar-refractivity contribution in [1.29, 1.82) is 0 Å². The zero-order valence-corrected chi connectivity index (χ0v) is 20.4. The van der Waals surface area contributed by atoms with Crippen LogP contribution in [-0.2, 0) is 10.0 Å². The molecule has 180 valence electrons. The van der Waals surface area contributed by atoms with Gasteiger partial charge in [-0.15, -0.1) is 0 Å². The highest BCUT2D eigenvalue weighted by molar-refractivity contribution is 7.92. The fourth-order valence-electron chi connectivity index (χ4n) is 4.03. The molecule has 0 aliphatic heterocycles. The molecule has 0 atom stereocenters. The van der Waals surface area contributed by atoms with Gasteiger partial charge in [0.2, 0.25) is 0 Å². The highest BCUT2D eigenvalue weighted by Crippen LogP contribution is 2.25. The standard InChI is InChI=1S/C25H31N5O3S/c1-3-33-22-13-15-23(16-14-22)34(31,32)30-21-11-9-20(10-12-21)29-25-17-24(26-18(2)27-25)28-19-7-5-4-6-8-19/h9-17,19,30H,3-8H2,1-2H3,(H2,26,27,28,29). The van der Waals surface area contributed by atoms with Gasteiger partial charge in [-0.2, -0.15) is 0 Å². The average Bonchev–Trinajstić information content (AvgIpc) is 2.81. The number of nitrogens with zero attached hydrogens (tertiary/aromatic N) is 2. The predicted molar refractivity (Wildman–Crippen MR) is 135 cm³/mol. The van der Waals surface area contributed by atoms with Gasteiger partial charge in [0.1, 0.15) is 23.2 Å². The minimum Gasteiger partial charge on any atom is -0.494 e. The van der Waals surface area contributed by atoms with Crippen LogP contribution in [0.25, 0.3) is 0 Å². The van der Waals surface area contributed by atoms with Gasteiger partial charge >= 0.3 is 0 Å². The number of sulfonamides is 1. The number of hydrogen-bond donors (Lipinski definition) is 3. The van der Waals surface area contributed by atoms with Gasteiger partial charge in [0.05, 0.1) is 11.5 Å². The Hall–Kier alpha value is -3.33. The van der Waals surface area contributed by atoms with Crippen molar-refractivity contribution in [3.8, 4) is 5.75 Å². The summed E-state index contributed by atoms with van der Waals surface area (Å²) in [5.41, 5.74) is 1.27. The SMILES string of the molecule is CCOc1ccc(S(=O)(=O)Nc2ccc(Nc3cc(NC4CCCCC4)nc(C)n3)cc2)cc1. The summed E-state index contributed by atoms with van der Waals surface area (Å²) < 4.78 is 33.4. The van der Waals surface area contributed by atoms with E-state index < -0.39 is 10.0 Å². The summed E-state index contributed by atoms with van der Waals surface area (Å²) >= 11 is 0. The summed E-state index contributed by atoms with van der Waals surface area (Å²) in [6.45, 7) is 4.28. The molecule has 0 unspecified atom stereocenters. The molecular weight excluding hydrogens is 450 g/mol. The Balaban J connectivity index is 1.40. The third-order valence-electron chi connectivity index (χ3n) is 5.65. The lowest BCUT2D eigenvalue weighted by Gasteiger charge is -2.23. The highest BCUT2D eigenvalue weighted by Gasteiger charge is 2.15. The van der Waals surface area contributed by atoms with Crippen LogP contribution < -0.4 is 20.1 Å². The van der Waals surface area contributed by atoms with Crippen LogP contribution in [0.4, 0.5) is 23.0 Å². The number of aromatic nitrogens is 2. The minimum atomic E-state index is -3.70. The van der Waals surface area contributed by atoms with Gasteiger partial charge < -0.3 is 15.4 Å². The van der Waals surface area contributed by atoms with Gasteiger partial charge in [0, 0.05) is 23.5 Å². The van der Waals surface area contributed by atoms with Crippen LogP contribution in [0, 0.1) is 6.92 Å². The molecule has 0 amide bonds. The van der Waals surface area contributed by atoms with Crippen molar-refractivity contribution in [2.75, 3.05) is 22.0 Å². The number of rotatable bonds is 9. The van der Waals surface area contributed by atoms with Gasteiger partial charge in [-0.1, -0.05) is 19.3 Å². The first kappa shape index (κ1) is 23.8. The van der Waals surface area contributed by atoms with Crippen LogP contribution in [0.3, 0.4) is 0 Å². The van der Waals surface area contributed by atoms with Gasteiger partial charge in [-0.05, 0) is 75.2 Å². The lowest BCUT2D eigenvalue weighted by Crippen LogP contribution is -2.23. The van der Waals surface area contributed by atoms with Crippen molar-refractivity contribution in [2.45, 2.75) is 56.9 Å². The van der Waals surface area contributed by atoms with Gasteiger partial charge in [0.15, 0.2) is 0 Å². The van der Waals surface area contributed by atoms with E-state index in [0.717, 1.165) is 11.5 Å². The van der Waals surface area contributed by atoms with Gasteiger partial charge in [-0.3, -0.25) is 4.72 Å². The zero-order chi connectivity index (χ0) is 24.0. The molecule has 1 aromatic heterocycles. The first-order chi connectivity index (χ1) is 16.4. The quantitative estimate of drug-likeness (QED) is 0.372. The number of hydrogen-bond acceptors (Lipinski definition) is 7. The lowest BCUT2D eigenvalue weighted by atomic mass is 9.95. The third-order valence-corrected chi connectivity index (χ3v) is 7.05. The van der Waals surface area contributed by atoms with Crippen LogP contribution in [0.15, 0.2) is 59.5 Å². The molecular formula is C25H31N5O3S. The zero-order valence-electron chi connectivity index (χ0n) is 19.5. The number of anilines is 4. The number of aryl methyl sites for hydroxylation is 1. The van der Waals surface area contributed by atoms with Crippen molar-refractivity contribution in [2.24, 2.45) is 0 Å².